The number of aromatic amines is 1. The van der Waals surface area contributed by atoms with Gasteiger partial charge in [0.15, 0.2) is 0 Å². The van der Waals surface area contributed by atoms with Crippen molar-refractivity contribution >= 4 is 28.5 Å². The number of ether oxygens (including phenoxy) is 1. The first kappa shape index (κ1) is 29.7. The van der Waals surface area contributed by atoms with Crippen molar-refractivity contribution in [2.45, 2.75) is 26.1 Å². The summed E-state index contributed by atoms with van der Waals surface area (Å²) >= 11 is 0. The summed E-state index contributed by atoms with van der Waals surface area (Å²) in [6.07, 6.45) is -2.02. The number of methoxy groups -OCH3 is 1. The monoisotopic (exact) mass is 566 g/mol. The Kier molecular flexibility index (Phi) is 9.67. The number of aryl methyl sites for hydroxylation is 1. The smallest absolute Gasteiger partial charge is 0.383 e. The third kappa shape index (κ3) is 8.11. The van der Waals surface area contributed by atoms with Crippen LogP contribution in [-0.2, 0) is 28.7 Å². The Morgan fingerprint density at radius 2 is 1.71 bits per heavy atom. The number of amides is 3. The fourth-order valence-corrected chi connectivity index (χ4v) is 4.49. The predicted octanol–water partition coefficient (Wildman–Crippen LogP) is 6.25. The zero-order valence-corrected chi connectivity index (χ0v) is 23.0. The molecule has 4 aromatic rings. The molecule has 7 nitrogen and oxygen atoms in total. The number of para-hydroxylation sites is 1. The number of anilines is 1. The first-order chi connectivity index (χ1) is 19.6. The summed E-state index contributed by atoms with van der Waals surface area (Å²) in [5, 5.41) is 3.58. The van der Waals surface area contributed by atoms with Crippen molar-refractivity contribution in [2.24, 2.45) is 0 Å². The van der Waals surface area contributed by atoms with Crippen molar-refractivity contribution in [3.8, 4) is 0 Å². The Bertz CT molecular complexity index is 1470. The number of H-pyrrole nitrogens is 1. The van der Waals surface area contributed by atoms with E-state index in [1.807, 2.05) is 61.7 Å². The lowest BCUT2D eigenvalue weighted by molar-refractivity contribution is -0.137. The fraction of sp³-hybridized carbons (Fsp3) is 0.290. The molecular formula is C31H33F3N4O3. The molecule has 0 aliphatic rings. The van der Waals surface area contributed by atoms with Crippen LogP contribution in [0.4, 0.5) is 23.7 Å². The van der Waals surface area contributed by atoms with Gasteiger partial charge in [0.05, 0.1) is 12.2 Å². The summed E-state index contributed by atoms with van der Waals surface area (Å²) < 4.78 is 44.6. The normalized spacial score (nSPS) is 11.4. The van der Waals surface area contributed by atoms with Crippen molar-refractivity contribution in [1.82, 2.24) is 14.8 Å². The van der Waals surface area contributed by atoms with Crippen molar-refractivity contribution in [3.63, 3.8) is 0 Å². The highest BCUT2D eigenvalue weighted by molar-refractivity contribution is 5.92. The second kappa shape index (κ2) is 13.4. The van der Waals surface area contributed by atoms with Gasteiger partial charge in [-0.15, -0.1) is 0 Å². The molecule has 1 aromatic heterocycles. The molecule has 3 amide bonds. The van der Waals surface area contributed by atoms with Crippen LogP contribution >= 0.6 is 0 Å². The number of rotatable bonds is 11. The quantitative estimate of drug-likeness (QED) is 0.225. The molecular weight excluding hydrogens is 533 g/mol. The number of urea groups is 1. The van der Waals surface area contributed by atoms with Crippen LogP contribution in [0.25, 0.3) is 10.9 Å². The molecule has 3 aromatic carbocycles. The van der Waals surface area contributed by atoms with Gasteiger partial charge in [-0.1, -0.05) is 54.1 Å². The second-order valence-corrected chi connectivity index (χ2v) is 9.83. The molecule has 0 saturated heterocycles. The largest absolute Gasteiger partial charge is 0.416 e. The molecule has 0 aliphatic heterocycles. The van der Waals surface area contributed by atoms with Gasteiger partial charge in [-0.05, 0) is 48.7 Å². The van der Waals surface area contributed by atoms with E-state index in [2.05, 4.69) is 10.3 Å². The summed E-state index contributed by atoms with van der Waals surface area (Å²) in [6, 6.07) is 19.5. The molecule has 2 N–H and O–H groups in total. The maximum atomic E-state index is 13.7. The van der Waals surface area contributed by atoms with Gasteiger partial charge in [0, 0.05) is 49.5 Å². The lowest BCUT2D eigenvalue weighted by atomic mass is 10.1. The maximum absolute atomic E-state index is 13.7. The molecule has 0 fully saturated rings. The van der Waals surface area contributed by atoms with Crippen LogP contribution in [0.2, 0.25) is 0 Å². The highest BCUT2D eigenvalue weighted by Gasteiger charge is 2.31. The standard InChI is InChI=1S/C31H33F3N4O3/c1-22-10-12-23(13-11-22)20-37(15-14-24-19-35-28-9-4-3-8-27(24)28)29(39)21-38(16-17-41-2)30(40)36-26-7-5-6-25(18-26)31(32,33)34/h3-13,18-19,35H,14-17,20-21H2,1-2H3,(H,36,40). The highest BCUT2D eigenvalue weighted by atomic mass is 19.4. The molecule has 0 bridgehead atoms. The topological polar surface area (TPSA) is 77.7 Å². The number of aromatic nitrogens is 1. The van der Waals surface area contributed by atoms with E-state index in [-0.39, 0.29) is 31.3 Å². The Hall–Kier alpha value is -4.31. The minimum Gasteiger partial charge on any atom is -0.383 e. The summed E-state index contributed by atoms with van der Waals surface area (Å²) in [5.74, 6) is -0.291. The number of carbonyl (C=O) groups excluding carboxylic acids is 2. The Labute approximate surface area is 236 Å². The number of carbonyl (C=O) groups is 2. The number of fused-ring (bicyclic) bond motifs is 1. The second-order valence-electron chi connectivity index (χ2n) is 9.83. The first-order valence-corrected chi connectivity index (χ1v) is 13.2. The van der Waals surface area contributed by atoms with E-state index in [4.69, 9.17) is 4.74 Å². The van der Waals surface area contributed by atoms with Crippen molar-refractivity contribution in [2.75, 3.05) is 38.7 Å². The van der Waals surface area contributed by atoms with Gasteiger partial charge < -0.3 is 24.8 Å². The number of alkyl halides is 3. The minimum absolute atomic E-state index is 0.0180. The van der Waals surface area contributed by atoms with Gasteiger partial charge in [0.2, 0.25) is 5.91 Å². The van der Waals surface area contributed by atoms with Gasteiger partial charge in [0.1, 0.15) is 6.54 Å². The van der Waals surface area contributed by atoms with Crippen LogP contribution in [0.1, 0.15) is 22.3 Å². The lowest BCUT2D eigenvalue weighted by Crippen LogP contribution is -2.46. The van der Waals surface area contributed by atoms with Crippen LogP contribution in [0.5, 0.6) is 0 Å². The van der Waals surface area contributed by atoms with Gasteiger partial charge in [-0.2, -0.15) is 13.2 Å². The van der Waals surface area contributed by atoms with Crippen LogP contribution in [0.15, 0.2) is 79.0 Å². The molecule has 41 heavy (non-hydrogen) atoms. The molecule has 0 unspecified atom stereocenters. The number of nitrogens with one attached hydrogen (secondary N) is 2. The lowest BCUT2D eigenvalue weighted by Gasteiger charge is -2.28. The Morgan fingerprint density at radius 1 is 0.951 bits per heavy atom. The maximum Gasteiger partial charge on any atom is 0.416 e. The fourth-order valence-electron chi connectivity index (χ4n) is 4.49. The van der Waals surface area contributed by atoms with Gasteiger partial charge >= 0.3 is 12.2 Å². The summed E-state index contributed by atoms with van der Waals surface area (Å²) in [6.45, 7) is 2.69. The van der Waals surface area contributed by atoms with E-state index in [1.165, 1.54) is 24.1 Å². The van der Waals surface area contributed by atoms with E-state index < -0.39 is 17.8 Å². The Balaban J connectivity index is 1.51. The number of hydrogen-bond donors (Lipinski definition) is 2. The summed E-state index contributed by atoms with van der Waals surface area (Å²) in [5.41, 5.74) is 3.23. The van der Waals surface area contributed by atoms with Crippen LogP contribution in [0, 0.1) is 6.92 Å². The zero-order chi connectivity index (χ0) is 29.4. The number of nitrogens with zero attached hydrogens (tertiary/aromatic N) is 2. The SMILES string of the molecule is COCCN(CC(=O)N(CCc1c[nH]c2ccccc12)Cc1ccc(C)cc1)C(=O)Nc1cccc(C(F)(F)F)c1. The molecule has 0 radical (unpaired) electrons. The van der Waals surface area contributed by atoms with E-state index in [0.717, 1.165) is 39.7 Å². The molecule has 216 valence electrons. The molecule has 4 rings (SSSR count). The molecule has 0 atom stereocenters. The summed E-state index contributed by atoms with van der Waals surface area (Å²) in [4.78, 5) is 33.0. The van der Waals surface area contributed by atoms with Gasteiger partial charge in [0.25, 0.3) is 0 Å². The predicted molar refractivity (Wildman–Crippen MR) is 153 cm³/mol. The minimum atomic E-state index is -4.55. The van der Waals surface area contributed by atoms with E-state index in [1.54, 1.807) is 4.90 Å². The Morgan fingerprint density at radius 3 is 2.44 bits per heavy atom. The van der Waals surface area contributed by atoms with Crippen LogP contribution < -0.4 is 5.32 Å². The van der Waals surface area contributed by atoms with E-state index in [0.29, 0.717) is 19.5 Å². The van der Waals surface area contributed by atoms with Gasteiger partial charge in [-0.3, -0.25) is 4.79 Å². The van der Waals surface area contributed by atoms with Crippen molar-refractivity contribution in [1.29, 1.82) is 0 Å². The number of hydrogen-bond acceptors (Lipinski definition) is 3. The first-order valence-electron chi connectivity index (χ1n) is 13.2. The third-order valence-electron chi connectivity index (χ3n) is 6.79. The van der Waals surface area contributed by atoms with Crippen molar-refractivity contribution in [3.05, 3.63) is 101 Å². The average Bonchev–Trinajstić information content (AvgIpc) is 3.37. The molecule has 0 saturated carbocycles. The van der Waals surface area contributed by atoms with Crippen LogP contribution in [0.3, 0.4) is 0 Å². The number of benzene rings is 3. The molecule has 0 aliphatic carbocycles. The summed E-state index contributed by atoms with van der Waals surface area (Å²) in [7, 11) is 1.47. The van der Waals surface area contributed by atoms with Crippen LogP contribution in [-0.4, -0.2) is 60.1 Å². The van der Waals surface area contributed by atoms with Gasteiger partial charge in [-0.25, -0.2) is 4.79 Å². The molecule has 0 spiro atoms. The van der Waals surface area contributed by atoms with E-state index in [9.17, 15) is 22.8 Å². The third-order valence-corrected chi connectivity index (χ3v) is 6.79. The van der Waals surface area contributed by atoms with Crippen molar-refractivity contribution < 1.29 is 27.5 Å². The molecule has 1 heterocycles. The average molecular weight is 567 g/mol. The zero-order valence-electron chi connectivity index (χ0n) is 23.0. The van der Waals surface area contributed by atoms with E-state index >= 15 is 0 Å². The molecule has 10 heteroatoms. The highest BCUT2D eigenvalue weighted by Crippen LogP contribution is 2.30. The number of halogens is 3.